The van der Waals surface area contributed by atoms with Gasteiger partial charge in [0.15, 0.2) is 5.82 Å². The van der Waals surface area contributed by atoms with Crippen LogP contribution in [-0.2, 0) is 24.4 Å². The molecule has 228 valence electrons. The highest BCUT2D eigenvalue weighted by molar-refractivity contribution is 7.91. The Morgan fingerprint density at radius 3 is 2.63 bits per heavy atom. The molecule has 3 aliphatic carbocycles. The molecule has 2 aromatic rings. The molecule has 1 aromatic carbocycles. The predicted molar refractivity (Wildman–Crippen MR) is 158 cm³/mol. The largest absolute Gasteiger partial charge is 0.474 e. The molecule has 3 fully saturated rings. The second kappa shape index (κ2) is 11.7. The molecule has 2 heterocycles. The summed E-state index contributed by atoms with van der Waals surface area (Å²) in [6.45, 7) is 0.574. The van der Waals surface area contributed by atoms with Crippen molar-refractivity contribution in [2.75, 3.05) is 13.6 Å². The van der Waals surface area contributed by atoms with Crippen molar-refractivity contribution in [1.82, 2.24) is 24.9 Å². The third-order valence-corrected chi connectivity index (χ3v) is 10.8. The number of carbonyl (C=O) groups excluding carboxylic acids is 3. The molecule has 2 N–H and O–H groups in total. The van der Waals surface area contributed by atoms with Crippen molar-refractivity contribution in [3.8, 4) is 17.3 Å². The second-order valence-corrected chi connectivity index (χ2v) is 14.1. The Bertz CT molecular complexity index is 1530. The van der Waals surface area contributed by atoms with Gasteiger partial charge in [-0.3, -0.25) is 19.1 Å². The van der Waals surface area contributed by atoms with E-state index < -0.39 is 50.6 Å². The molecule has 12 heteroatoms. The third-order valence-electron chi connectivity index (χ3n) is 8.95. The molecule has 0 saturated heterocycles. The normalized spacial score (nSPS) is 29.6. The van der Waals surface area contributed by atoms with Crippen molar-refractivity contribution in [2.45, 2.75) is 68.3 Å². The first-order valence-corrected chi connectivity index (χ1v) is 16.6. The number of benzene rings is 1. The van der Waals surface area contributed by atoms with Gasteiger partial charge in [-0.15, -0.1) is 0 Å². The molecule has 1 aromatic heterocycles. The van der Waals surface area contributed by atoms with Crippen LogP contribution in [0.5, 0.6) is 5.88 Å². The molecule has 0 unspecified atom stereocenters. The maximum Gasteiger partial charge on any atom is 0.259 e. The Hall–Kier alpha value is -3.80. The van der Waals surface area contributed by atoms with Gasteiger partial charge in [-0.25, -0.2) is 13.4 Å². The maximum absolute atomic E-state index is 13.9. The van der Waals surface area contributed by atoms with E-state index in [1.807, 2.05) is 42.5 Å². The Kier molecular flexibility index (Phi) is 7.97. The molecule has 3 saturated carbocycles. The molecule has 0 radical (unpaired) electrons. The summed E-state index contributed by atoms with van der Waals surface area (Å²) in [4.78, 5) is 51.5. The minimum atomic E-state index is -3.79. The van der Waals surface area contributed by atoms with E-state index in [0.29, 0.717) is 43.9 Å². The number of aromatic nitrogens is 2. The van der Waals surface area contributed by atoms with E-state index in [-0.39, 0.29) is 18.2 Å². The SMILES string of the molecule is CN1CCCCC=C[C@@H]2C[C@@]2(C(=O)NS(=O)(=O)C2CC2)NC(=O)[C@@H]2C[C@@H](Oc3ccnc(-c4ccccc4)n3)C[C@H]2C1=O. The summed E-state index contributed by atoms with van der Waals surface area (Å²) in [5, 5.41) is 2.34. The Morgan fingerprint density at radius 1 is 1.09 bits per heavy atom. The number of fused-ring (bicyclic) bond motifs is 2. The smallest absolute Gasteiger partial charge is 0.259 e. The van der Waals surface area contributed by atoms with Crippen LogP contribution in [-0.4, -0.2) is 71.5 Å². The summed E-state index contributed by atoms with van der Waals surface area (Å²) >= 11 is 0. The lowest BCUT2D eigenvalue weighted by atomic mass is 9.93. The molecule has 1 aliphatic heterocycles. The fourth-order valence-electron chi connectivity index (χ4n) is 6.20. The lowest BCUT2D eigenvalue weighted by Crippen LogP contribution is -2.54. The van der Waals surface area contributed by atoms with Gasteiger partial charge in [-0.05, 0) is 51.4 Å². The summed E-state index contributed by atoms with van der Waals surface area (Å²) in [6, 6.07) is 11.2. The number of rotatable bonds is 6. The quantitative estimate of drug-likeness (QED) is 0.477. The minimum absolute atomic E-state index is 0.145. The number of hydrogen-bond acceptors (Lipinski definition) is 8. The second-order valence-electron chi connectivity index (χ2n) is 12.1. The lowest BCUT2D eigenvalue weighted by Gasteiger charge is -2.26. The Labute approximate surface area is 251 Å². The Balaban J connectivity index is 1.24. The number of ether oxygens (including phenoxy) is 1. The van der Waals surface area contributed by atoms with Crippen molar-refractivity contribution < 1.29 is 27.5 Å². The standard InChI is InChI=1S/C31H37N5O6S/c1-36-16-8-3-2-7-11-21-19-31(21,30(39)35-43(40,41)23-12-13-23)34-28(37)24-17-22(18-25(24)29(36)38)42-26-14-15-32-27(33-26)20-9-5-4-6-10-20/h4-7,9-11,14-15,21-25H,2-3,8,12-13,16-19H2,1H3,(H,34,37)(H,35,39)/t21-,22-,24-,25-,31-/m1/s1. The van der Waals surface area contributed by atoms with Gasteiger partial charge in [0.2, 0.25) is 27.7 Å². The first-order valence-electron chi connectivity index (χ1n) is 15.0. The van der Waals surface area contributed by atoms with Gasteiger partial charge < -0.3 is 15.0 Å². The molecule has 43 heavy (non-hydrogen) atoms. The first-order chi connectivity index (χ1) is 20.7. The van der Waals surface area contributed by atoms with E-state index in [9.17, 15) is 22.8 Å². The Morgan fingerprint density at radius 2 is 1.86 bits per heavy atom. The van der Waals surface area contributed by atoms with Crippen molar-refractivity contribution >= 4 is 27.7 Å². The van der Waals surface area contributed by atoms with Gasteiger partial charge >= 0.3 is 0 Å². The van der Waals surface area contributed by atoms with Crippen LogP contribution in [0.4, 0.5) is 0 Å². The zero-order chi connectivity index (χ0) is 30.2. The van der Waals surface area contributed by atoms with Gasteiger partial charge in [0.25, 0.3) is 5.91 Å². The predicted octanol–water partition coefficient (Wildman–Crippen LogP) is 2.60. The van der Waals surface area contributed by atoms with Crippen molar-refractivity contribution in [3.63, 3.8) is 0 Å². The van der Waals surface area contributed by atoms with Gasteiger partial charge in [-0.1, -0.05) is 42.5 Å². The highest BCUT2D eigenvalue weighted by Gasteiger charge is 2.62. The van der Waals surface area contributed by atoms with Gasteiger partial charge in [0.05, 0.1) is 17.1 Å². The third kappa shape index (κ3) is 6.29. The molecule has 6 rings (SSSR count). The monoisotopic (exact) mass is 607 g/mol. The van der Waals surface area contributed by atoms with Crippen LogP contribution in [0.15, 0.2) is 54.7 Å². The van der Waals surface area contributed by atoms with Crippen LogP contribution in [0, 0.1) is 17.8 Å². The van der Waals surface area contributed by atoms with E-state index in [2.05, 4.69) is 20.0 Å². The molecule has 4 aliphatic rings. The molecule has 0 spiro atoms. The van der Waals surface area contributed by atoms with Crippen LogP contribution in [0.25, 0.3) is 11.4 Å². The number of amides is 3. The zero-order valence-corrected chi connectivity index (χ0v) is 25.0. The zero-order valence-electron chi connectivity index (χ0n) is 24.1. The summed E-state index contributed by atoms with van der Waals surface area (Å²) in [6.07, 6.45) is 9.34. The number of carbonyl (C=O) groups is 3. The van der Waals surface area contributed by atoms with E-state index in [1.165, 1.54) is 0 Å². The van der Waals surface area contributed by atoms with E-state index in [4.69, 9.17) is 4.74 Å². The summed E-state index contributed by atoms with van der Waals surface area (Å²) < 4.78 is 33.7. The number of nitrogens with one attached hydrogen (secondary N) is 2. The van der Waals surface area contributed by atoms with Gasteiger partial charge in [0.1, 0.15) is 11.6 Å². The van der Waals surface area contributed by atoms with E-state index in [0.717, 1.165) is 24.8 Å². The van der Waals surface area contributed by atoms with Crippen LogP contribution >= 0.6 is 0 Å². The molecule has 11 nitrogen and oxygen atoms in total. The van der Waals surface area contributed by atoms with E-state index in [1.54, 1.807) is 24.2 Å². The average molecular weight is 608 g/mol. The number of hydrogen-bond donors (Lipinski definition) is 2. The van der Waals surface area contributed by atoms with Crippen LogP contribution in [0.2, 0.25) is 0 Å². The lowest BCUT2D eigenvalue weighted by molar-refractivity contribution is -0.140. The fraction of sp³-hybridized carbons (Fsp3) is 0.516. The van der Waals surface area contributed by atoms with Crippen LogP contribution in [0.1, 0.15) is 51.4 Å². The summed E-state index contributed by atoms with van der Waals surface area (Å²) in [7, 11) is -2.05. The van der Waals surface area contributed by atoms with Crippen molar-refractivity contribution in [2.24, 2.45) is 17.8 Å². The summed E-state index contributed by atoms with van der Waals surface area (Å²) in [5.74, 6) is -2.19. The average Bonchev–Trinajstić information content (AvgIpc) is 3.92. The topological polar surface area (TPSA) is 148 Å². The number of sulfonamides is 1. The van der Waals surface area contributed by atoms with Gasteiger partial charge in [-0.2, -0.15) is 4.98 Å². The number of allylic oxidation sites excluding steroid dienone is 1. The molecule has 3 amide bonds. The highest BCUT2D eigenvalue weighted by Crippen LogP contribution is 2.47. The maximum atomic E-state index is 13.9. The minimum Gasteiger partial charge on any atom is -0.474 e. The summed E-state index contributed by atoms with van der Waals surface area (Å²) in [5.41, 5.74) is -0.529. The molecular formula is C31H37N5O6S. The van der Waals surface area contributed by atoms with E-state index >= 15 is 0 Å². The molecular weight excluding hydrogens is 570 g/mol. The van der Waals surface area contributed by atoms with Crippen LogP contribution in [0.3, 0.4) is 0 Å². The molecule has 0 bridgehead atoms. The van der Waals surface area contributed by atoms with Crippen molar-refractivity contribution in [3.05, 3.63) is 54.7 Å². The number of nitrogens with zero attached hydrogens (tertiary/aromatic N) is 3. The molecule has 5 atom stereocenters. The first kappa shape index (κ1) is 29.3. The van der Waals surface area contributed by atoms with Gasteiger partial charge in [0, 0.05) is 37.3 Å². The highest BCUT2D eigenvalue weighted by atomic mass is 32.2. The van der Waals surface area contributed by atoms with Crippen molar-refractivity contribution in [1.29, 1.82) is 0 Å². The van der Waals surface area contributed by atoms with Crippen LogP contribution < -0.4 is 14.8 Å². The fourth-order valence-corrected chi connectivity index (χ4v) is 7.56.